The molecule has 0 N–H and O–H groups in total. The van der Waals surface area contributed by atoms with Crippen molar-refractivity contribution in [3.05, 3.63) is 38.2 Å². The van der Waals surface area contributed by atoms with E-state index < -0.39 is 27.0 Å². The average molecular weight is 284 g/mol. The highest BCUT2D eigenvalue weighted by molar-refractivity contribution is 5.67. The van der Waals surface area contributed by atoms with E-state index in [9.17, 15) is 24.6 Å². The van der Waals surface area contributed by atoms with Crippen molar-refractivity contribution in [2.45, 2.75) is 0 Å². The molecule has 20 heavy (non-hydrogen) atoms. The molecule has 1 fully saturated rings. The number of nitrogens with zero attached hydrogens (tertiary/aromatic N) is 4. The molecule has 0 radical (unpaired) electrons. The number of halogens is 1. The molecule has 1 aliphatic rings. The highest BCUT2D eigenvalue weighted by atomic mass is 19.1. The van der Waals surface area contributed by atoms with Gasteiger partial charge < -0.3 is 9.80 Å². The van der Waals surface area contributed by atoms with Crippen molar-refractivity contribution in [2.24, 2.45) is 0 Å². The van der Waals surface area contributed by atoms with Gasteiger partial charge in [0.25, 0.3) is 5.69 Å². The van der Waals surface area contributed by atoms with Crippen molar-refractivity contribution in [1.82, 2.24) is 4.90 Å². The molecule has 108 valence electrons. The third kappa shape index (κ3) is 2.67. The van der Waals surface area contributed by atoms with E-state index in [1.54, 1.807) is 4.90 Å². The highest BCUT2D eigenvalue weighted by Crippen LogP contribution is 2.34. The molecule has 9 heteroatoms. The normalized spacial score (nSPS) is 16.2. The minimum Gasteiger partial charge on any atom is -0.363 e. The quantitative estimate of drug-likeness (QED) is 0.615. The van der Waals surface area contributed by atoms with Gasteiger partial charge in [0.1, 0.15) is 5.69 Å². The smallest absolute Gasteiger partial charge is 0.311 e. The van der Waals surface area contributed by atoms with Gasteiger partial charge in [0.15, 0.2) is 0 Å². The second kappa shape index (κ2) is 5.37. The monoisotopic (exact) mass is 284 g/mol. The third-order valence-electron chi connectivity index (χ3n) is 3.28. The summed E-state index contributed by atoms with van der Waals surface area (Å²) in [5.74, 6) is -1.06. The molecule has 0 unspecified atom stereocenters. The fraction of sp³-hybridized carbons (Fsp3) is 0.455. The Kier molecular flexibility index (Phi) is 3.79. The second-order valence-corrected chi connectivity index (χ2v) is 4.60. The summed E-state index contributed by atoms with van der Waals surface area (Å²) in [6.45, 7) is 2.40. The maximum absolute atomic E-state index is 13.7. The summed E-state index contributed by atoms with van der Waals surface area (Å²) in [4.78, 5) is 23.7. The standard InChI is InChI=1S/C11H13FN4O4/c1-13-2-4-14(5-3-13)10-6-8(12)9(15(17)18)7-11(10)16(19)20/h6-7H,2-5H2,1H3. The van der Waals surface area contributed by atoms with Crippen LogP contribution in [0.1, 0.15) is 0 Å². The summed E-state index contributed by atoms with van der Waals surface area (Å²) in [7, 11) is 1.92. The Hall–Kier alpha value is -2.29. The largest absolute Gasteiger partial charge is 0.363 e. The van der Waals surface area contributed by atoms with Gasteiger partial charge in [-0.2, -0.15) is 4.39 Å². The van der Waals surface area contributed by atoms with E-state index >= 15 is 0 Å². The lowest BCUT2D eigenvalue weighted by molar-refractivity contribution is -0.395. The van der Waals surface area contributed by atoms with Gasteiger partial charge >= 0.3 is 5.69 Å². The zero-order valence-corrected chi connectivity index (χ0v) is 10.8. The molecule has 0 saturated carbocycles. The van der Waals surface area contributed by atoms with E-state index in [0.29, 0.717) is 32.2 Å². The van der Waals surface area contributed by atoms with Gasteiger partial charge in [0.05, 0.1) is 15.9 Å². The first-order valence-electron chi connectivity index (χ1n) is 5.96. The van der Waals surface area contributed by atoms with Crippen molar-refractivity contribution in [3.63, 3.8) is 0 Å². The van der Waals surface area contributed by atoms with Crippen LogP contribution in [-0.4, -0.2) is 48.0 Å². The van der Waals surface area contributed by atoms with Crippen LogP contribution in [0, 0.1) is 26.0 Å². The Balaban J connectivity index is 2.44. The van der Waals surface area contributed by atoms with Gasteiger partial charge in [-0.25, -0.2) is 0 Å². The number of nitro benzene ring substituents is 2. The molecule has 8 nitrogen and oxygen atoms in total. The van der Waals surface area contributed by atoms with Crippen molar-refractivity contribution in [2.75, 3.05) is 38.1 Å². The van der Waals surface area contributed by atoms with Crippen molar-refractivity contribution < 1.29 is 14.2 Å². The Labute approximate surface area is 113 Å². The van der Waals surface area contributed by atoms with Crippen LogP contribution >= 0.6 is 0 Å². The van der Waals surface area contributed by atoms with E-state index in [1.807, 2.05) is 11.9 Å². The molecule has 1 aromatic carbocycles. The van der Waals surface area contributed by atoms with Gasteiger partial charge in [0, 0.05) is 32.2 Å². The number of nitro groups is 2. The van der Waals surface area contributed by atoms with Crippen LogP contribution in [0.4, 0.5) is 21.5 Å². The summed E-state index contributed by atoms with van der Waals surface area (Å²) < 4.78 is 13.7. The fourth-order valence-electron chi connectivity index (χ4n) is 2.13. The number of hydrogen-bond acceptors (Lipinski definition) is 6. The van der Waals surface area contributed by atoms with Crippen LogP contribution in [-0.2, 0) is 0 Å². The Morgan fingerprint density at radius 2 is 1.60 bits per heavy atom. The number of rotatable bonds is 3. The van der Waals surface area contributed by atoms with Crippen molar-refractivity contribution in [3.8, 4) is 0 Å². The average Bonchev–Trinajstić information content (AvgIpc) is 2.38. The maximum atomic E-state index is 13.7. The minimum atomic E-state index is -1.06. The molecule has 1 heterocycles. The topological polar surface area (TPSA) is 92.8 Å². The summed E-state index contributed by atoms with van der Waals surface area (Å²) >= 11 is 0. The van der Waals surface area contributed by atoms with Crippen LogP contribution in [0.2, 0.25) is 0 Å². The van der Waals surface area contributed by atoms with Gasteiger partial charge in [-0.3, -0.25) is 20.2 Å². The summed E-state index contributed by atoms with van der Waals surface area (Å²) in [6, 6.07) is 1.56. The molecule has 0 bridgehead atoms. The minimum absolute atomic E-state index is 0.0891. The predicted molar refractivity (Wildman–Crippen MR) is 69.4 cm³/mol. The summed E-state index contributed by atoms with van der Waals surface area (Å²) in [5.41, 5.74) is -1.23. The highest BCUT2D eigenvalue weighted by Gasteiger charge is 2.28. The molecule has 0 atom stereocenters. The molecule has 0 aromatic heterocycles. The third-order valence-corrected chi connectivity index (χ3v) is 3.28. The molecule has 1 saturated heterocycles. The number of hydrogen-bond donors (Lipinski definition) is 0. The summed E-state index contributed by atoms with van der Waals surface area (Å²) in [6.07, 6.45) is 0. The second-order valence-electron chi connectivity index (χ2n) is 4.60. The first-order chi connectivity index (χ1) is 9.40. The van der Waals surface area contributed by atoms with E-state index in [0.717, 1.165) is 6.07 Å². The van der Waals surface area contributed by atoms with E-state index in [4.69, 9.17) is 0 Å². The first-order valence-corrected chi connectivity index (χ1v) is 5.96. The lowest BCUT2D eigenvalue weighted by Crippen LogP contribution is -2.44. The Morgan fingerprint density at radius 3 is 2.10 bits per heavy atom. The van der Waals surface area contributed by atoms with Crippen molar-refractivity contribution >= 4 is 17.1 Å². The molecule has 1 aromatic rings. The van der Waals surface area contributed by atoms with Crippen LogP contribution in [0.15, 0.2) is 12.1 Å². The number of likely N-dealkylation sites (N-methyl/N-ethyl adjacent to an activating group) is 1. The van der Waals surface area contributed by atoms with Gasteiger partial charge in [-0.05, 0) is 7.05 Å². The number of benzene rings is 1. The van der Waals surface area contributed by atoms with Crippen LogP contribution in [0.25, 0.3) is 0 Å². The summed E-state index contributed by atoms with van der Waals surface area (Å²) in [5, 5.41) is 21.7. The molecule has 2 rings (SSSR count). The van der Waals surface area contributed by atoms with Crippen LogP contribution in [0.3, 0.4) is 0 Å². The molecular formula is C11H13FN4O4. The predicted octanol–water partition coefficient (Wildman–Crippen LogP) is 1.39. The van der Waals surface area contributed by atoms with Gasteiger partial charge in [-0.1, -0.05) is 0 Å². The Morgan fingerprint density at radius 1 is 1.05 bits per heavy atom. The van der Waals surface area contributed by atoms with Gasteiger partial charge in [0.2, 0.25) is 5.82 Å². The van der Waals surface area contributed by atoms with Gasteiger partial charge in [-0.15, -0.1) is 0 Å². The number of piperazine rings is 1. The zero-order valence-electron chi connectivity index (χ0n) is 10.8. The lowest BCUT2D eigenvalue weighted by atomic mass is 10.2. The van der Waals surface area contributed by atoms with Crippen LogP contribution in [0.5, 0.6) is 0 Å². The number of anilines is 1. The Bertz CT molecular complexity index is 558. The van der Waals surface area contributed by atoms with E-state index in [-0.39, 0.29) is 5.69 Å². The van der Waals surface area contributed by atoms with E-state index in [1.165, 1.54) is 0 Å². The van der Waals surface area contributed by atoms with E-state index in [2.05, 4.69) is 0 Å². The SMILES string of the molecule is CN1CCN(c2cc(F)c([N+](=O)[O-])cc2[N+](=O)[O-])CC1. The van der Waals surface area contributed by atoms with Crippen molar-refractivity contribution in [1.29, 1.82) is 0 Å². The zero-order chi connectivity index (χ0) is 14.9. The molecule has 0 spiro atoms. The first kappa shape index (κ1) is 14.1. The maximum Gasteiger partial charge on any atom is 0.311 e. The molecule has 0 amide bonds. The molecule has 1 aliphatic heterocycles. The molecular weight excluding hydrogens is 271 g/mol. The van der Waals surface area contributed by atoms with Crippen LogP contribution < -0.4 is 4.90 Å². The lowest BCUT2D eigenvalue weighted by Gasteiger charge is -2.33. The fourth-order valence-corrected chi connectivity index (χ4v) is 2.13. The molecule has 0 aliphatic carbocycles.